The van der Waals surface area contributed by atoms with Gasteiger partial charge in [-0.15, -0.1) is 24.0 Å². The summed E-state index contributed by atoms with van der Waals surface area (Å²) in [6.07, 6.45) is -2.02. The van der Waals surface area contributed by atoms with E-state index in [4.69, 9.17) is 9.47 Å². The lowest BCUT2D eigenvalue weighted by Gasteiger charge is -2.33. The maximum Gasteiger partial charge on any atom is 0.422 e. The Morgan fingerprint density at radius 3 is 2.67 bits per heavy atom. The number of likely N-dealkylation sites (tertiary alicyclic amines) is 1. The average Bonchev–Trinajstić information content (AvgIpc) is 2.60. The van der Waals surface area contributed by atoms with Gasteiger partial charge in [-0.05, 0) is 36.5 Å². The normalized spacial score (nSPS) is 17.9. The van der Waals surface area contributed by atoms with Gasteiger partial charge in [0, 0.05) is 26.7 Å². The van der Waals surface area contributed by atoms with Gasteiger partial charge in [0.05, 0.1) is 7.11 Å². The van der Waals surface area contributed by atoms with Crippen molar-refractivity contribution in [2.75, 3.05) is 33.9 Å². The van der Waals surface area contributed by atoms with Crippen LogP contribution >= 0.6 is 24.0 Å². The lowest BCUT2D eigenvalue weighted by molar-refractivity contribution is -0.153. The molecule has 1 fully saturated rings. The topological polar surface area (TPSA) is 46.1 Å². The lowest BCUT2D eigenvalue weighted by Crippen LogP contribution is -2.45. The minimum absolute atomic E-state index is 0. The predicted octanol–water partition coefficient (Wildman–Crippen LogP) is 4.06. The summed E-state index contributed by atoms with van der Waals surface area (Å²) < 4.78 is 46.9. The molecule has 0 amide bonds. The Kier molecular flexibility index (Phi) is 9.48. The molecule has 0 saturated carbocycles. The Bertz CT molecular complexity index is 626. The number of aliphatic imine (C=N–C) groups is 1. The van der Waals surface area contributed by atoms with Crippen LogP contribution in [0.3, 0.4) is 0 Å². The molecule has 0 aliphatic carbocycles. The summed E-state index contributed by atoms with van der Waals surface area (Å²) in [4.78, 5) is 6.56. The number of halogens is 4. The molecular weight excluding hydrogens is 474 g/mol. The minimum Gasteiger partial charge on any atom is -0.493 e. The van der Waals surface area contributed by atoms with E-state index in [0.29, 0.717) is 12.5 Å². The summed E-state index contributed by atoms with van der Waals surface area (Å²) in [5, 5.41) is 3.30. The summed E-state index contributed by atoms with van der Waals surface area (Å²) in [6, 6.07) is 4.88. The number of benzene rings is 1. The number of hydrogen-bond donors (Lipinski definition) is 1. The number of ether oxygens (including phenoxy) is 2. The molecule has 0 spiro atoms. The number of piperidine rings is 1. The van der Waals surface area contributed by atoms with E-state index < -0.39 is 12.8 Å². The second-order valence-electron chi connectivity index (χ2n) is 6.48. The van der Waals surface area contributed by atoms with Gasteiger partial charge in [-0.2, -0.15) is 13.2 Å². The number of alkyl halides is 3. The van der Waals surface area contributed by atoms with E-state index in [9.17, 15) is 13.2 Å². The van der Waals surface area contributed by atoms with E-state index in [0.717, 1.165) is 31.0 Å². The zero-order chi connectivity index (χ0) is 19.2. The monoisotopic (exact) mass is 501 g/mol. The molecule has 1 aliphatic heterocycles. The highest BCUT2D eigenvalue weighted by Gasteiger charge is 2.29. The third-order valence-corrected chi connectivity index (χ3v) is 4.24. The number of guanidine groups is 1. The van der Waals surface area contributed by atoms with Crippen LogP contribution in [0.4, 0.5) is 13.2 Å². The molecule has 9 heteroatoms. The second-order valence-corrected chi connectivity index (χ2v) is 6.48. The van der Waals surface area contributed by atoms with Crippen LogP contribution in [0.2, 0.25) is 0 Å². The highest BCUT2D eigenvalue weighted by molar-refractivity contribution is 14.0. The molecule has 1 aliphatic rings. The molecule has 1 aromatic rings. The first kappa shape index (κ1) is 23.6. The van der Waals surface area contributed by atoms with Crippen LogP contribution in [0, 0.1) is 5.92 Å². The van der Waals surface area contributed by atoms with Crippen LogP contribution in [-0.4, -0.2) is 50.9 Å². The first-order valence-corrected chi connectivity index (χ1v) is 8.64. The Labute approximate surface area is 175 Å². The third-order valence-electron chi connectivity index (χ3n) is 4.24. The highest BCUT2D eigenvalue weighted by Crippen LogP contribution is 2.29. The Morgan fingerprint density at radius 2 is 2.07 bits per heavy atom. The first-order valence-electron chi connectivity index (χ1n) is 8.64. The Hall–Kier alpha value is -1.39. The van der Waals surface area contributed by atoms with Crippen molar-refractivity contribution >= 4 is 29.9 Å². The van der Waals surface area contributed by atoms with E-state index in [1.54, 1.807) is 19.2 Å². The molecule has 1 aromatic carbocycles. The molecule has 1 atom stereocenters. The third kappa shape index (κ3) is 7.63. The number of nitrogens with one attached hydrogen (secondary N) is 1. The van der Waals surface area contributed by atoms with Gasteiger partial charge in [0.25, 0.3) is 0 Å². The van der Waals surface area contributed by atoms with Crippen molar-refractivity contribution < 1.29 is 22.6 Å². The van der Waals surface area contributed by atoms with Crippen molar-refractivity contribution in [1.82, 2.24) is 10.2 Å². The maximum absolute atomic E-state index is 12.3. The SMILES string of the molecule is CN=C(NCc1ccc(OCC(F)(F)F)c(OC)c1)N1CCCC(C)C1.I. The van der Waals surface area contributed by atoms with Crippen LogP contribution in [0.15, 0.2) is 23.2 Å². The van der Waals surface area contributed by atoms with Gasteiger partial charge in [0.15, 0.2) is 24.1 Å². The summed E-state index contributed by atoms with van der Waals surface area (Å²) in [5.41, 5.74) is 0.868. The second kappa shape index (κ2) is 10.8. The van der Waals surface area contributed by atoms with Crippen LogP contribution in [0.25, 0.3) is 0 Å². The Morgan fingerprint density at radius 1 is 1.33 bits per heavy atom. The summed E-state index contributed by atoms with van der Waals surface area (Å²) in [6.45, 7) is 3.31. The van der Waals surface area contributed by atoms with E-state index in [-0.39, 0.29) is 35.5 Å². The maximum atomic E-state index is 12.3. The molecule has 154 valence electrons. The van der Waals surface area contributed by atoms with Gasteiger partial charge >= 0.3 is 6.18 Å². The quantitative estimate of drug-likeness (QED) is 0.376. The molecule has 1 heterocycles. The minimum atomic E-state index is -4.39. The number of nitrogens with zero attached hydrogens (tertiary/aromatic N) is 2. The van der Waals surface area contributed by atoms with Gasteiger partial charge in [-0.3, -0.25) is 4.99 Å². The average molecular weight is 501 g/mol. The number of methoxy groups -OCH3 is 1. The van der Waals surface area contributed by atoms with Gasteiger partial charge in [0.2, 0.25) is 0 Å². The molecule has 27 heavy (non-hydrogen) atoms. The van der Waals surface area contributed by atoms with Gasteiger partial charge in [-0.1, -0.05) is 13.0 Å². The van der Waals surface area contributed by atoms with E-state index in [2.05, 4.69) is 22.1 Å². The van der Waals surface area contributed by atoms with Gasteiger partial charge < -0.3 is 19.7 Å². The number of rotatable bonds is 5. The molecule has 1 saturated heterocycles. The van der Waals surface area contributed by atoms with Crippen LogP contribution in [0.1, 0.15) is 25.3 Å². The van der Waals surface area contributed by atoms with Crippen LogP contribution < -0.4 is 14.8 Å². The van der Waals surface area contributed by atoms with Gasteiger partial charge in [0.1, 0.15) is 0 Å². The fourth-order valence-electron chi connectivity index (χ4n) is 3.00. The summed E-state index contributed by atoms with van der Waals surface area (Å²) in [7, 11) is 3.15. The fraction of sp³-hybridized carbons (Fsp3) is 0.611. The Balaban J connectivity index is 0.00000364. The molecule has 2 rings (SSSR count). The van der Waals surface area contributed by atoms with Crippen molar-refractivity contribution in [3.63, 3.8) is 0 Å². The molecule has 1 N–H and O–H groups in total. The highest BCUT2D eigenvalue weighted by atomic mass is 127. The van der Waals surface area contributed by atoms with E-state index >= 15 is 0 Å². The molecule has 1 unspecified atom stereocenters. The zero-order valence-electron chi connectivity index (χ0n) is 15.8. The predicted molar refractivity (Wildman–Crippen MR) is 110 cm³/mol. The molecular formula is C18H27F3IN3O2. The van der Waals surface area contributed by atoms with E-state index in [1.165, 1.54) is 19.6 Å². The van der Waals surface area contributed by atoms with Crippen molar-refractivity contribution in [2.24, 2.45) is 10.9 Å². The van der Waals surface area contributed by atoms with Crippen molar-refractivity contribution in [2.45, 2.75) is 32.5 Å². The van der Waals surface area contributed by atoms with Crippen molar-refractivity contribution in [1.29, 1.82) is 0 Å². The van der Waals surface area contributed by atoms with E-state index in [1.807, 2.05) is 0 Å². The first-order chi connectivity index (χ1) is 12.3. The zero-order valence-corrected chi connectivity index (χ0v) is 18.1. The summed E-state index contributed by atoms with van der Waals surface area (Å²) >= 11 is 0. The van der Waals surface area contributed by atoms with Gasteiger partial charge in [-0.25, -0.2) is 0 Å². The van der Waals surface area contributed by atoms with Crippen LogP contribution in [0.5, 0.6) is 11.5 Å². The van der Waals surface area contributed by atoms with Crippen molar-refractivity contribution in [3.8, 4) is 11.5 Å². The lowest BCUT2D eigenvalue weighted by atomic mass is 10.0. The molecule has 5 nitrogen and oxygen atoms in total. The smallest absolute Gasteiger partial charge is 0.422 e. The largest absolute Gasteiger partial charge is 0.493 e. The van der Waals surface area contributed by atoms with Crippen molar-refractivity contribution in [3.05, 3.63) is 23.8 Å². The molecule has 0 aromatic heterocycles. The molecule has 0 bridgehead atoms. The number of hydrogen-bond acceptors (Lipinski definition) is 3. The van der Waals surface area contributed by atoms with Crippen LogP contribution in [-0.2, 0) is 6.54 Å². The summed E-state index contributed by atoms with van der Waals surface area (Å²) in [5.74, 6) is 1.80. The fourth-order valence-corrected chi connectivity index (χ4v) is 3.00. The molecule has 0 radical (unpaired) electrons. The standard InChI is InChI=1S/C18H26F3N3O2.HI/c1-13-5-4-8-24(11-13)17(22-2)23-10-14-6-7-15(16(9-14)25-3)26-12-18(19,20)21;/h6-7,9,13H,4-5,8,10-12H2,1-3H3,(H,22,23);1H.